The minimum atomic E-state index is 0.0815. The van der Waals surface area contributed by atoms with Gasteiger partial charge in [-0.15, -0.1) is 0 Å². The van der Waals surface area contributed by atoms with E-state index in [1.807, 2.05) is 50.2 Å². The highest BCUT2D eigenvalue weighted by molar-refractivity contribution is 5.96. The van der Waals surface area contributed by atoms with Gasteiger partial charge in [0.1, 0.15) is 11.6 Å². The van der Waals surface area contributed by atoms with Gasteiger partial charge in [-0.05, 0) is 25.0 Å². The van der Waals surface area contributed by atoms with Gasteiger partial charge in [-0.3, -0.25) is 9.97 Å². The van der Waals surface area contributed by atoms with E-state index in [0.29, 0.717) is 11.3 Å². The van der Waals surface area contributed by atoms with Crippen molar-refractivity contribution in [2.24, 2.45) is 10.9 Å². The second kappa shape index (κ2) is 13.0. The molecule has 2 aromatic heterocycles. The average Bonchev–Trinajstić information content (AvgIpc) is 2.94. The number of anilines is 2. The molecule has 0 aliphatic carbocycles. The summed E-state index contributed by atoms with van der Waals surface area (Å²) in [5, 5.41) is 18.0. The number of rotatable bonds is 7. The summed E-state index contributed by atoms with van der Waals surface area (Å²) < 4.78 is 0. The van der Waals surface area contributed by atoms with E-state index in [1.54, 1.807) is 49.3 Å². The molecule has 0 bridgehead atoms. The summed E-state index contributed by atoms with van der Waals surface area (Å²) in [6.07, 6.45) is 9.90. The van der Waals surface area contributed by atoms with Gasteiger partial charge in [-0.1, -0.05) is 53.7 Å². The highest BCUT2D eigenvalue weighted by atomic mass is 16.4. The van der Waals surface area contributed by atoms with E-state index in [1.165, 1.54) is 0 Å². The van der Waals surface area contributed by atoms with Crippen molar-refractivity contribution in [2.45, 2.75) is 25.9 Å². The van der Waals surface area contributed by atoms with E-state index in [4.69, 9.17) is 17.5 Å². The predicted octanol–water partition coefficient (Wildman–Crippen LogP) is 4.94. The van der Waals surface area contributed by atoms with Crippen molar-refractivity contribution < 1.29 is 5.21 Å². The lowest BCUT2D eigenvalue weighted by atomic mass is 10.1. The van der Waals surface area contributed by atoms with Crippen molar-refractivity contribution in [1.29, 1.82) is 0 Å². The van der Waals surface area contributed by atoms with Crippen molar-refractivity contribution in [3.63, 3.8) is 0 Å². The Balaban J connectivity index is 0.000000202. The second-order valence-corrected chi connectivity index (χ2v) is 7.72. The molecule has 36 heavy (non-hydrogen) atoms. The molecule has 182 valence electrons. The SMILES string of the molecule is C[C@@H](Nc1cnccn1)c1ccc(C(N)=NO)cc1.[C-]#[N+]c1ccc([C@@H](C)Nc2cnccn2)cc1. The highest BCUT2D eigenvalue weighted by Crippen LogP contribution is 2.20. The van der Waals surface area contributed by atoms with Crippen LogP contribution >= 0.6 is 0 Å². The van der Waals surface area contributed by atoms with Crippen LogP contribution in [0.1, 0.15) is 42.6 Å². The maximum absolute atomic E-state index is 8.60. The zero-order valence-corrected chi connectivity index (χ0v) is 19.9. The summed E-state index contributed by atoms with van der Waals surface area (Å²) in [5.41, 5.74) is 9.03. The minimum Gasteiger partial charge on any atom is -0.409 e. The third-order valence-electron chi connectivity index (χ3n) is 5.19. The monoisotopic (exact) mass is 481 g/mol. The molecule has 10 heteroatoms. The first-order valence-electron chi connectivity index (χ1n) is 11.1. The lowest BCUT2D eigenvalue weighted by molar-refractivity contribution is 0.318. The van der Waals surface area contributed by atoms with Gasteiger partial charge in [0.25, 0.3) is 0 Å². The first kappa shape index (κ1) is 25.6. The van der Waals surface area contributed by atoms with Crippen molar-refractivity contribution in [2.75, 3.05) is 10.6 Å². The summed E-state index contributed by atoms with van der Waals surface area (Å²) in [7, 11) is 0. The molecule has 2 atom stereocenters. The van der Waals surface area contributed by atoms with Gasteiger partial charge in [0.2, 0.25) is 0 Å². The molecule has 0 saturated heterocycles. The number of oxime groups is 1. The van der Waals surface area contributed by atoms with Crippen LogP contribution in [0.25, 0.3) is 4.85 Å². The van der Waals surface area contributed by atoms with Crippen molar-refractivity contribution in [1.82, 2.24) is 19.9 Å². The van der Waals surface area contributed by atoms with Crippen LogP contribution in [0.3, 0.4) is 0 Å². The number of benzene rings is 2. The van der Waals surface area contributed by atoms with Gasteiger partial charge >= 0.3 is 0 Å². The average molecular weight is 482 g/mol. The number of amidine groups is 1. The van der Waals surface area contributed by atoms with E-state index >= 15 is 0 Å². The minimum absolute atomic E-state index is 0.0815. The Hall–Kier alpha value is -5.04. The fourth-order valence-corrected chi connectivity index (χ4v) is 3.20. The molecule has 0 saturated carbocycles. The topological polar surface area (TPSA) is 139 Å². The molecule has 0 radical (unpaired) electrons. The Morgan fingerprint density at radius 1 is 0.833 bits per heavy atom. The third kappa shape index (κ3) is 7.50. The molecule has 0 amide bonds. The molecular weight excluding hydrogens is 454 g/mol. The lowest BCUT2D eigenvalue weighted by Gasteiger charge is -2.14. The first-order chi connectivity index (χ1) is 17.5. The second-order valence-electron chi connectivity index (χ2n) is 7.72. The molecule has 4 aromatic rings. The molecule has 0 aliphatic rings. The molecule has 2 aromatic carbocycles. The van der Waals surface area contributed by atoms with Gasteiger partial charge < -0.3 is 21.6 Å². The number of nitrogens with one attached hydrogen (secondary N) is 2. The van der Waals surface area contributed by atoms with E-state index in [0.717, 1.165) is 22.8 Å². The summed E-state index contributed by atoms with van der Waals surface area (Å²) >= 11 is 0. The molecule has 2 heterocycles. The largest absolute Gasteiger partial charge is 0.409 e. The van der Waals surface area contributed by atoms with Crippen LogP contribution in [-0.4, -0.2) is 31.0 Å². The zero-order valence-electron chi connectivity index (χ0n) is 19.9. The molecule has 4 rings (SSSR count). The maximum Gasteiger partial charge on any atom is 0.187 e. The van der Waals surface area contributed by atoms with Gasteiger partial charge in [-0.2, -0.15) is 0 Å². The molecule has 0 unspecified atom stereocenters. The smallest absolute Gasteiger partial charge is 0.187 e. The summed E-state index contributed by atoms with van der Waals surface area (Å²) in [4.78, 5) is 19.7. The van der Waals surface area contributed by atoms with Crippen LogP contribution in [0, 0.1) is 6.57 Å². The standard InChI is InChI=1S/C13H15N5O.C13H12N4/c1-9(17-12-8-15-6-7-16-12)10-2-4-11(5-3-10)13(14)18-19;1-10(17-13-9-15-7-8-16-13)11-3-5-12(14-2)6-4-11/h2-9,19H,1H3,(H2,14,18)(H,16,17);3-10H,1H3,(H,16,17)/t9-;10-/m11/s1. The van der Waals surface area contributed by atoms with Gasteiger partial charge in [0.15, 0.2) is 11.5 Å². The Morgan fingerprint density at radius 3 is 1.69 bits per heavy atom. The maximum atomic E-state index is 8.60. The first-order valence-corrected chi connectivity index (χ1v) is 11.1. The Kier molecular flexibility index (Phi) is 9.24. The number of hydrogen-bond donors (Lipinski definition) is 4. The van der Waals surface area contributed by atoms with Gasteiger partial charge in [0, 0.05) is 42.4 Å². The molecule has 0 aliphatic heterocycles. The van der Waals surface area contributed by atoms with Crippen LogP contribution in [0.15, 0.2) is 90.9 Å². The Bertz CT molecular complexity index is 1270. The molecule has 0 fully saturated rings. The van der Waals surface area contributed by atoms with Crippen LogP contribution in [0.2, 0.25) is 0 Å². The van der Waals surface area contributed by atoms with Crippen molar-refractivity contribution in [3.05, 3.63) is 114 Å². The summed E-state index contributed by atoms with van der Waals surface area (Å²) in [5.74, 6) is 1.56. The Labute approximate surface area is 209 Å². The van der Waals surface area contributed by atoms with E-state index in [9.17, 15) is 0 Å². The molecule has 5 N–H and O–H groups in total. The van der Waals surface area contributed by atoms with Crippen molar-refractivity contribution >= 4 is 23.2 Å². The highest BCUT2D eigenvalue weighted by Gasteiger charge is 2.07. The normalized spacial score (nSPS) is 12.3. The summed E-state index contributed by atoms with van der Waals surface area (Å²) in [6, 6.07) is 15.2. The molecule has 10 nitrogen and oxygen atoms in total. The van der Waals surface area contributed by atoms with Crippen LogP contribution < -0.4 is 16.4 Å². The van der Waals surface area contributed by atoms with Gasteiger partial charge in [0.05, 0.1) is 19.0 Å². The quantitative estimate of drug-likeness (QED) is 0.0957. The fraction of sp³-hybridized carbons (Fsp3) is 0.154. The lowest BCUT2D eigenvalue weighted by Crippen LogP contribution is -2.13. The fourth-order valence-electron chi connectivity index (χ4n) is 3.20. The third-order valence-corrected chi connectivity index (χ3v) is 5.19. The van der Waals surface area contributed by atoms with Crippen LogP contribution in [0.5, 0.6) is 0 Å². The number of hydrogen-bond acceptors (Lipinski definition) is 8. The molecular formula is C26H27N9O. The van der Waals surface area contributed by atoms with E-state index < -0.39 is 0 Å². The Morgan fingerprint density at radius 2 is 1.31 bits per heavy atom. The van der Waals surface area contributed by atoms with E-state index in [2.05, 4.69) is 40.6 Å². The number of aromatic nitrogens is 4. The molecule has 0 spiro atoms. The van der Waals surface area contributed by atoms with Gasteiger partial charge in [-0.25, -0.2) is 14.8 Å². The zero-order chi connectivity index (χ0) is 25.8. The predicted molar refractivity (Wildman–Crippen MR) is 140 cm³/mol. The van der Waals surface area contributed by atoms with Crippen LogP contribution in [0.4, 0.5) is 17.3 Å². The number of nitrogens with two attached hydrogens (primary N) is 1. The van der Waals surface area contributed by atoms with E-state index in [-0.39, 0.29) is 17.9 Å². The number of nitrogens with zero attached hydrogens (tertiary/aromatic N) is 6. The van der Waals surface area contributed by atoms with Crippen molar-refractivity contribution in [3.8, 4) is 0 Å². The van der Waals surface area contributed by atoms with Crippen LogP contribution in [-0.2, 0) is 0 Å². The summed E-state index contributed by atoms with van der Waals surface area (Å²) in [6.45, 7) is 11.0.